The fourth-order valence-electron chi connectivity index (χ4n) is 4.47. The van der Waals surface area contributed by atoms with Crippen LogP contribution in [-0.2, 0) is 14.3 Å². The second-order valence-electron chi connectivity index (χ2n) is 9.87. The maximum Gasteiger partial charge on any atom is 0.410 e. The van der Waals surface area contributed by atoms with E-state index in [2.05, 4.69) is 6.58 Å². The summed E-state index contributed by atoms with van der Waals surface area (Å²) in [6.45, 7) is 11.5. The molecule has 0 radical (unpaired) electrons. The lowest BCUT2D eigenvalue weighted by Gasteiger charge is -2.24. The molecule has 2 N–H and O–H groups in total. The van der Waals surface area contributed by atoms with Gasteiger partial charge in [0.15, 0.2) is 0 Å². The molecule has 0 atom stereocenters. The van der Waals surface area contributed by atoms with E-state index in [0.717, 1.165) is 73.7 Å². The number of ether oxygens (including phenoxy) is 2. The fraction of sp³-hybridized carbons (Fsp3) is 0.621. The maximum absolute atomic E-state index is 12.3. The molecule has 2 aliphatic rings. The number of amides is 1. The summed E-state index contributed by atoms with van der Waals surface area (Å²) in [5.74, 6) is 0.0772. The van der Waals surface area contributed by atoms with Gasteiger partial charge in [-0.3, -0.25) is 4.79 Å². The molecule has 0 aromatic rings. The molecule has 0 aliphatic heterocycles. The third kappa shape index (κ3) is 10.4. The Morgan fingerprint density at radius 1 is 1.00 bits per heavy atom. The molecule has 0 unspecified atom stereocenters. The van der Waals surface area contributed by atoms with Crippen molar-refractivity contribution in [1.82, 2.24) is 4.90 Å². The number of nitrogens with zero attached hydrogens (tertiary/aromatic N) is 1. The molecule has 0 bridgehead atoms. The largest absolute Gasteiger partial charge is 0.497 e. The van der Waals surface area contributed by atoms with E-state index in [1.807, 2.05) is 32.9 Å². The van der Waals surface area contributed by atoms with Crippen LogP contribution >= 0.6 is 0 Å². The number of hydrogen-bond acceptors (Lipinski definition) is 5. The van der Waals surface area contributed by atoms with Crippen molar-refractivity contribution in [2.75, 3.05) is 20.8 Å². The molecule has 2 aliphatic carbocycles. The highest BCUT2D eigenvalue weighted by Crippen LogP contribution is 2.24. The van der Waals surface area contributed by atoms with E-state index in [4.69, 9.17) is 20.0 Å². The second kappa shape index (κ2) is 16.0. The Morgan fingerprint density at radius 2 is 1.56 bits per heavy atom. The highest BCUT2D eigenvalue weighted by atomic mass is 16.6. The highest BCUT2D eigenvalue weighted by Gasteiger charge is 2.25. The number of carboxylic acids is 1. The van der Waals surface area contributed by atoms with E-state index >= 15 is 0 Å². The van der Waals surface area contributed by atoms with E-state index in [9.17, 15) is 9.59 Å². The number of carbonyl (C=O) groups is 2. The smallest absolute Gasteiger partial charge is 0.410 e. The average Bonchev–Trinajstić information content (AvgIpc) is 3.39. The number of allylic oxidation sites excluding steroid dienone is 5. The van der Waals surface area contributed by atoms with Crippen molar-refractivity contribution in [3.05, 3.63) is 46.8 Å². The van der Waals surface area contributed by atoms with Gasteiger partial charge in [-0.1, -0.05) is 44.8 Å². The van der Waals surface area contributed by atoms with E-state index in [0.29, 0.717) is 11.5 Å². The average molecular weight is 503 g/mol. The summed E-state index contributed by atoms with van der Waals surface area (Å²) in [7, 11) is 3.41. The van der Waals surface area contributed by atoms with E-state index in [1.54, 1.807) is 26.0 Å². The number of rotatable bonds is 9. The minimum atomic E-state index is -0.602. The Balaban J connectivity index is 0.000000600. The van der Waals surface area contributed by atoms with Crippen LogP contribution < -0.4 is 0 Å². The predicted octanol–water partition coefficient (Wildman–Crippen LogP) is 7.06. The number of carbonyl (C=O) groups excluding carboxylic acids is 1. The molecule has 0 spiro atoms. The monoisotopic (exact) mass is 502 g/mol. The maximum atomic E-state index is 12.3. The van der Waals surface area contributed by atoms with Gasteiger partial charge in [-0.2, -0.15) is 0 Å². The lowest BCUT2D eigenvalue weighted by molar-refractivity contribution is -0.142. The van der Waals surface area contributed by atoms with Crippen LogP contribution in [-0.4, -0.2) is 54.6 Å². The third-order valence-electron chi connectivity index (χ3n) is 7.08. The van der Waals surface area contributed by atoms with Crippen LogP contribution in [0, 0.1) is 11.3 Å². The van der Waals surface area contributed by atoms with Gasteiger partial charge in [-0.15, -0.1) is 0 Å². The lowest BCUT2D eigenvalue weighted by atomic mass is 9.90. The van der Waals surface area contributed by atoms with Crippen molar-refractivity contribution in [3.8, 4) is 0 Å². The van der Waals surface area contributed by atoms with Crippen molar-refractivity contribution >= 4 is 17.8 Å². The Hall–Kier alpha value is -2.83. The summed E-state index contributed by atoms with van der Waals surface area (Å²) in [6.07, 6.45) is 13.1. The molecule has 2 saturated carbocycles. The molecule has 1 amide bonds. The molecule has 0 saturated heterocycles. The first-order chi connectivity index (χ1) is 17.0. The molecule has 202 valence electrons. The molecular formula is C29H46N2O5. The quantitative estimate of drug-likeness (QED) is 0.200. The van der Waals surface area contributed by atoms with Crippen molar-refractivity contribution in [1.29, 1.82) is 5.41 Å². The standard InChI is InChI=1S/C22H34N2O3.C7H12O2/c1-15(2)21(26-7)13-12-16(3)17(4)20(18(5)23)14-27-22(25)24(6)19-10-8-9-11-19;8-7(9)6-4-2-1-3-5-6/h12-13,19,23H,1,8-11,14H2,2-7H3;6H,1-5H2,(H,8,9)/b16-12+,20-17+,21-13+,23-18?;. The molecule has 7 heteroatoms. The summed E-state index contributed by atoms with van der Waals surface area (Å²) in [6, 6.07) is 0.272. The first-order valence-corrected chi connectivity index (χ1v) is 13.0. The fourth-order valence-corrected chi connectivity index (χ4v) is 4.47. The predicted molar refractivity (Wildman–Crippen MR) is 145 cm³/mol. The van der Waals surface area contributed by atoms with Gasteiger partial charge in [0.1, 0.15) is 12.4 Å². The van der Waals surface area contributed by atoms with Gasteiger partial charge >= 0.3 is 12.1 Å². The van der Waals surface area contributed by atoms with Gasteiger partial charge in [0, 0.05) is 24.4 Å². The van der Waals surface area contributed by atoms with Gasteiger partial charge in [0.25, 0.3) is 0 Å². The minimum absolute atomic E-state index is 0.0289. The zero-order chi connectivity index (χ0) is 27.3. The molecule has 0 aromatic heterocycles. The number of methoxy groups -OCH3 is 1. The zero-order valence-electron chi connectivity index (χ0n) is 23.1. The normalized spacial score (nSPS) is 17.9. The first-order valence-electron chi connectivity index (χ1n) is 13.0. The first kappa shape index (κ1) is 31.2. The third-order valence-corrected chi connectivity index (χ3v) is 7.08. The second-order valence-corrected chi connectivity index (χ2v) is 9.87. The van der Waals surface area contributed by atoms with Gasteiger partial charge in [0.2, 0.25) is 0 Å². The van der Waals surface area contributed by atoms with Crippen LogP contribution in [0.4, 0.5) is 4.79 Å². The van der Waals surface area contributed by atoms with E-state index in [1.165, 1.54) is 6.42 Å². The van der Waals surface area contributed by atoms with Gasteiger partial charge in [0.05, 0.1) is 13.0 Å². The highest BCUT2D eigenvalue weighted by molar-refractivity contribution is 5.97. The SMILES string of the molecule is C=C(C)\C(=C/C=C(C)/C(C)=C(\COC(=O)N(C)C1CCCC1)C(C)=N)OC.O=C(O)C1CCCCC1. The van der Waals surface area contributed by atoms with Crippen LogP contribution in [0.15, 0.2) is 46.8 Å². The molecule has 0 aromatic carbocycles. The summed E-state index contributed by atoms with van der Waals surface area (Å²) in [5.41, 5.74) is 3.86. The summed E-state index contributed by atoms with van der Waals surface area (Å²) >= 11 is 0. The Morgan fingerprint density at radius 3 is 2.00 bits per heavy atom. The number of hydrogen-bond donors (Lipinski definition) is 2. The van der Waals surface area contributed by atoms with Crippen LogP contribution in [0.5, 0.6) is 0 Å². The molecule has 2 fully saturated rings. The summed E-state index contributed by atoms with van der Waals surface area (Å²) < 4.78 is 10.8. The Labute approximate surface area is 217 Å². The van der Waals surface area contributed by atoms with E-state index in [-0.39, 0.29) is 24.7 Å². The van der Waals surface area contributed by atoms with Gasteiger partial charge in [-0.25, -0.2) is 4.79 Å². The Bertz CT molecular complexity index is 872. The molecule has 0 heterocycles. The van der Waals surface area contributed by atoms with Crippen LogP contribution in [0.1, 0.15) is 85.5 Å². The summed E-state index contributed by atoms with van der Waals surface area (Å²) in [5, 5.41) is 16.6. The van der Waals surface area contributed by atoms with E-state index < -0.39 is 5.97 Å². The van der Waals surface area contributed by atoms with Crippen molar-refractivity contribution in [3.63, 3.8) is 0 Å². The van der Waals surface area contributed by atoms with Crippen LogP contribution in [0.25, 0.3) is 0 Å². The zero-order valence-corrected chi connectivity index (χ0v) is 23.1. The molecule has 2 rings (SSSR count). The topological polar surface area (TPSA) is 99.9 Å². The van der Waals surface area contributed by atoms with Crippen LogP contribution in [0.2, 0.25) is 0 Å². The van der Waals surface area contributed by atoms with Gasteiger partial charge in [-0.05, 0) is 76.2 Å². The number of nitrogens with one attached hydrogen (secondary N) is 1. The van der Waals surface area contributed by atoms with Crippen molar-refractivity contribution < 1.29 is 24.2 Å². The molecule has 7 nitrogen and oxygen atoms in total. The van der Waals surface area contributed by atoms with Crippen molar-refractivity contribution in [2.45, 2.75) is 91.5 Å². The molecule has 36 heavy (non-hydrogen) atoms. The number of aliphatic carboxylic acids is 1. The van der Waals surface area contributed by atoms with Gasteiger partial charge < -0.3 is 24.9 Å². The summed E-state index contributed by atoms with van der Waals surface area (Å²) in [4.78, 5) is 24.4. The van der Waals surface area contributed by atoms with Crippen LogP contribution in [0.3, 0.4) is 0 Å². The lowest BCUT2D eigenvalue weighted by Crippen LogP contribution is -2.36. The number of carboxylic acid groups (broad SMARTS) is 1. The minimum Gasteiger partial charge on any atom is -0.497 e. The van der Waals surface area contributed by atoms with Crippen molar-refractivity contribution in [2.24, 2.45) is 5.92 Å². The molecular weight excluding hydrogens is 456 g/mol. The Kier molecular flexibility index (Phi) is 13.9.